The molecule has 0 aliphatic rings. The van der Waals surface area contributed by atoms with Gasteiger partial charge in [0.05, 0.1) is 18.6 Å². The van der Waals surface area contributed by atoms with Crippen molar-refractivity contribution in [2.75, 3.05) is 5.32 Å². The van der Waals surface area contributed by atoms with Crippen LogP contribution < -0.4 is 21.4 Å². The molecule has 9 heteroatoms. The number of hydrogen-bond acceptors (Lipinski definition) is 6. The third-order valence-corrected chi connectivity index (χ3v) is 5.19. The quantitative estimate of drug-likeness (QED) is 0.456. The van der Waals surface area contributed by atoms with Crippen molar-refractivity contribution in [2.45, 2.75) is 46.9 Å². The standard InChI is InChI=1S/C26H30N4O5/c1-5-6-19-7-9-20(10-8-19)16-29-24(27-21-11-13-22(14-12-21)35-17(2)3)28-25(33)30(26(29)34)15-18(4)23(31)32/h5-14,17-18H,15-16H2,1-4H3,(H,31,32)(H,27,28,33)/b6-5-/t18-/m0/s1. The molecular weight excluding hydrogens is 448 g/mol. The molecule has 0 saturated heterocycles. The van der Waals surface area contributed by atoms with Crippen LogP contribution in [0.2, 0.25) is 0 Å². The Kier molecular flexibility index (Phi) is 8.25. The summed E-state index contributed by atoms with van der Waals surface area (Å²) in [5, 5.41) is 12.3. The second-order valence-electron chi connectivity index (χ2n) is 8.49. The molecular formula is C26H30N4O5. The fourth-order valence-electron chi connectivity index (χ4n) is 3.40. The third kappa shape index (κ3) is 6.69. The molecule has 1 atom stereocenters. The zero-order valence-corrected chi connectivity index (χ0v) is 20.3. The molecule has 0 radical (unpaired) electrons. The van der Waals surface area contributed by atoms with Gasteiger partial charge < -0.3 is 15.2 Å². The number of rotatable bonds is 10. The summed E-state index contributed by atoms with van der Waals surface area (Å²) in [4.78, 5) is 41.4. The maximum Gasteiger partial charge on any atom is 0.354 e. The minimum Gasteiger partial charge on any atom is -0.491 e. The summed E-state index contributed by atoms with van der Waals surface area (Å²) in [5.41, 5.74) is 0.996. The van der Waals surface area contributed by atoms with Crippen LogP contribution in [0.25, 0.3) is 6.08 Å². The maximum absolute atomic E-state index is 13.3. The molecule has 0 bridgehead atoms. The minimum atomic E-state index is -1.10. The predicted octanol–water partition coefficient (Wildman–Crippen LogP) is 3.74. The summed E-state index contributed by atoms with van der Waals surface area (Å²) in [7, 11) is 0. The van der Waals surface area contributed by atoms with Gasteiger partial charge in [0.2, 0.25) is 5.95 Å². The van der Waals surface area contributed by atoms with Gasteiger partial charge in [-0.25, -0.2) is 14.2 Å². The normalized spacial score (nSPS) is 12.1. The molecule has 0 aliphatic carbocycles. The molecule has 9 nitrogen and oxygen atoms in total. The molecule has 184 valence electrons. The highest BCUT2D eigenvalue weighted by Crippen LogP contribution is 2.20. The van der Waals surface area contributed by atoms with E-state index in [0.717, 1.165) is 15.7 Å². The largest absolute Gasteiger partial charge is 0.491 e. The summed E-state index contributed by atoms with van der Waals surface area (Å²) in [6.45, 7) is 7.09. The first-order valence-corrected chi connectivity index (χ1v) is 11.4. The minimum absolute atomic E-state index is 0.0284. The lowest BCUT2D eigenvalue weighted by Crippen LogP contribution is -2.44. The van der Waals surface area contributed by atoms with Crippen molar-refractivity contribution in [3.05, 3.63) is 86.7 Å². The summed E-state index contributed by atoms with van der Waals surface area (Å²) < 4.78 is 7.85. The summed E-state index contributed by atoms with van der Waals surface area (Å²) in [5.74, 6) is -1.28. The molecule has 3 rings (SSSR count). The van der Waals surface area contributed by atoms with Gasteiger partial charge in [0, 0.05) is 12.2 Å². The first-order valence-electron chi connectivity index (χ1n) is 11.4. The molecule has 0 saturated carbocycles. The predicted molar refractivity (Wildman–Crippen MR) is 135 cm³/mol. The lowest BCUT2D eigenvalue weighted by molar-refractivity contribution is -0.141. The lowest BCUT2D eigenvalue weighted by atomic mass is 10.1. The first kappa shape index (κ1) is 25.5. The topological polar surface area (TPSA) is 115 Å². The number of ether oxygens (including phenoxy) is 1. The van der Waals surface area contributed by atoms with Crippen LogP contribution >= 0.6 is 0 Å². The van der Waals surface area contributed by atoms with Gasteiger partial charge in [-0.05, 0) is 56.2 Å². The number of nitrogens with zero attached hydrogens (tertiary/aromatic N) is 3. The average molecular weight is 479 g/mol. The van der Waals surface area contributed by atoms with Crippen molar-refractivity contribution in [3.63, 3.8) is 0 Å². The van der Waals surface area contributed by atoms with Crippen LogP contribution in [0.3, 0.4) is 0 Å². The fourth-order valence-corrected chi connectivity index (χ4v) is 3.40. The molecule has 0 aliphatic heterocycles. The Morgan fingerprint density at radius 1 is 1.06 bits per heavy atom. The highest BCUT2D eigenvalue weighted by molar-refractivity contribution is 5.69. The number of carboxylic acids is 1. The fraction of sp³-hybridized carbons (Fsp3) is 0.308. The van der Waals surface area contributed by atoms with E-state index in [4.69, 9.17) is 4.74 Å². The second-order valence-corrected chi connectivity index (χ2v) is 8.49. The van der Waals surface area contributed by atoms with E-state index in [-0.39, 0.29) is 25.1 Å². The molecule has 2 aromatic carbocycles. The average Bonchev–Trinajstić information content (AvgIpc) is 2.81. The Morgan fingerprint density at radius 3 is 2.29 bits per heavy atom. The molecule has 0 spiro atoms. The number of carbonyl (C=O) groups is 1. The molecule has 3 aromatic rings. The first-order chi connectivity index (χ1) is 16.7. The molecule has 0 unspecified atom stereocenters. The van der Waals surface area contributed by atoms with E-state index in [1.165, 1.54) is 11.5 Å². The van der Waals surface area contributed by atoms with E-state index in [1.54, 1.807) is 24.3 Å². The Balaban J connectivity index is 2.01. The van der Waals surface area contributed by atoms with Gasteiger partial charge >= 0.3 is 17.3 Å². The van der Waals surface area contributed by atoms with E-state index < -0.39 is 23.3 Å². The molecule has 35 heavy (non-hydrogen) atoms. The van der Waals surface area contributed by atoms with Crippen LogP contribution in [0, 0.1) is 5.92 Å². The summed E-state index contributed by atoms with van der Waals surface area (Å²) in [6.07, 6.45) is 3.92. The van der Waals surface area contributed by atoms with Gasteiger partial charge in [-0.15, -0.1) is 0 Å². The maximum atomic E-state index is 13.3. The number of carboxylic acid groups (broad SMARTS) is 1. The molecule has 2 N–H and O–H groups in total. The van der Waals surface area contributed by atoms with E-state index in [0.29, 0.717) is 11.4 Å². The Bertz CT molecular complexity index is 1310. The number of allylic oxidation sites excluding steroid dienone is 1. The number of aliphatic carboxylic acids is 1. The highest BCUT2D eigenvalue weighted by atomic mass is 16.5. The highest BCUT2D eigenvalue weighted by Gasteiger charge is 2.19. The van der Waals surface area contributed by atoms with Gasteiger partial charge in [0.15, 0.2) is 0 Å². The van der Waals surface area contributed by atoms with Gasteiger partial charge in [0.25, 0.3) is 0 Å². The number of aromatic nitrogens is 3. The van der Waals surface area contributed by atoms with Gasteiger partial charge in [-0.2, -0.15) is 4.98 Å². The number of benzene rings is 2. The van der Waals surface area contributed by atoms with E-state index in [2.05, 4.69) is 10.3 Å². The van der Waals surface area contributed by atoms with Crippen molar-refractivity contribution in [1.29, 1.82) is 0 Å². The van der Waals surface area contributed by atoms with Crippen molar-refractivity contribution in [2.24, 2.45) is 5.92 Å². The monoisotopic (exact) mass is 478 g/mol. The molecule has 0 amide bonds. The SMILES string of the molecule is C/C=C\c1ccc(Cn2c(Nc3ccc(OC(C)C)cc3)nc(=O)n(C[C@H](C)C(=O)O)c2=O)cc1. The van der Waals surface area contributed by atoms with Crippen LogP contribution in [0.15, 0.2) is 64.2 Å². The summed E-state index contributed by atoms with van der Waals surface area (Å²) >= 11 is 0. The summed E-state index contributed by atoms with van der Waals surface area (Å²) in [6, 6.07) is 14.7. The molecule has 0 fully saturated rings. The smallest absolute Gasteiger partial charge is 0.354 e. The molecule has 1 aromatic heterocycles. The number of nitrogens with one attached hydrogen (secondary N) is 1. The number of anilines is 2. The van der Waals surface area contributed by atoms with Gasteiger partial charge in [-0.1, -0.05) is 43.3 Å². The Hall–Kier alpha value is -4.14. The van der Waals surface area contributed by atoms with Crippen molar-refractivity contribution in [3.8, 4) is 5.75 Å². The van der Waals surface area contributed by atoms with Crippen LogP contribution in [0.4, 0.5) is 11.6 Å². The van der Waals surface area contributed by atoms with E-state index in [9.17, 15) is 19.5 Å². The van der Waals surface area contributed by atoms with Crippen molar-refractivity contribution < 1.29 is 14.6 Å². The zero-order chi connectivity index (χ0) is 25.5. The van der Waals surface area contributed by atoms with Crippen molar-refractivity contribution >= 4 is 23.7 Å². The Morgan fingerprint density at radius 2 is 1.71 bits per heavy atom. The van der Waals surface area contributed by atoms with Crippen molar-refractivity contribution in [1.82, 2.24) is 14.1 Å². The zero-order valence-electron chi connectivity index (χ0n) is 20.3. The van der Waals surface area contributed by atoms with Crippen LogP contribution in [0.5, 0.6) is 5.75 Å². The lowest BCUT2D eigenvalue weighted by Gasteiger charge is -2.17. The third-order valence-electron chi connectivity index (χ3n) is 5.19. The van der Waals surface area contributed by atoms with E-state index in [1.807, 2.05) is 57.2 Å². The number of hydrogen-bond donors (Lipinski definition) is 2. The van der Waals surface area contributed by atoms with E-state index >= 15 is 0 Å². The Labute approximate surface area is 203 Å². The van der Waals surface area contributed by atoms with Crippen LogP contribution in [-0.2, 0) is 17.9 Å². The van der Waals surface area contributed by atoms with Gasteiger partial charge in [0.1, 0.15) is 5.75 Å². The van der Waals surface area contributed by atoms with Crippen LogP contribution in [0.1, 0.15) is 38.8 Å². The van der Waals surface area contributed by atoms with Gasteiger partial charge in [-0.3, -0.25) is 9.36 Å². The second kappa shape index (κ2) is 11.3. The molecule has 1 heterocycles. The van der Waals surface area contributed by atoms with Crippen LogP contribution in [-0.4, -0.2) is 31.3 Å².